The lowest BCUT2D eigenvalue weighted by molar-refractivity contribution is 0.867. The molecule has 4 aromatic rings. The summed E-state index contributed by atoms with van der Waals surface area (Å²) in [6, 6.07) is 25.8. The maximum atomic E-state index is 5.02. The molecule has 0 aliphatic heterocycles. The van der Waals surface area contributed by atoms with Crippen molar-refractivity contribution in [2.24, 2.45) is 0 Å². The van der Waals surface area contributed by atoms with Gasteiger partial charge >= 0.3 is 0 Å². The molecule has 4 rings (SSSR count). The van der Waals surface area contributed by atoms with Crippen LogP contribution in [-0.2, 0) is 0 Å². The number of aromatic nitrogens is 2. The molecule has 0 saturated carbocycles. The minimum absolute atomic E-state index is 0.513. The maximum absolute atomic E-state index is 5.02. The largest absolute Gasteiger partial charge is 0.337 e. The zero-order chi connectivity index (χ0) is 21.3. The highest BCUT2D eigenvalue weighted by atomic mass is 79.9. The van der Waals surface area contributed by atoms with Gasteiger partial charge in [-0.25, -0.2) is 4.98 Å². The number of H-pyrrole nitrogens is 1. The first-order valence-corrected chi connectivity index (χ1v) is 11.3. The van der Waals surface area contributed by atoms with Crippen LogP contribution in [-0.4, -0.2) is 9.97 Å². The van der Waals surface area contributed by atoms with Gasteiger partial charge in [-0.3, -0.25) is 0 Å². The van der Waals surface area contributed by atoms with E-state index >= 15 is 0 Å². The second kappa shape index (κ2) is 8.61. The van der Waals surface area contributed by atoms with E-state index in [4.69, 9.17) is 4.98 Å². The zero-order valence-electron chi connectivity index (χ0n) is 17.9. The van der Waals surface area contributed by atoms with Gasteiger partial charge in [-0.1, -0.05) is 104 Å². The van der Waals surface area contributed by atoms with Gasteiger partial charge in [0.2, 0.25) is 0 Å². The van der Waals surface area contributed by atoms with Crippen LogP contribution in [0, 0.1) is 0 Å². The Kier molecular flexibility index (Phi) is 5.92. The van der Waals surface area contributed by atoms with Crippen molar-refractivity contribution >= 4 is 15.9 Å². The van der Waals surface area contributed by atoms with E-state index in [9.17, 15) is 0 Å². The third-order valence-electron chi connectivity index (χ3n) is 5.52. The number of nitrogens with one attached hydrogen (secondary N) is 1. The minimum Gasteiger partial charge on any atom is -0.337 e. The summed E-state index contributed by atoms with van der Waals surface area (Å²) >= 11 is 3.58. The molecule has 1 N–H and O–H groups in total. The number of hydrogen-bond donors (Lipinski definition) is 1. The van der Waals surface area contributed by atoms with Gasteiger partial charge in [0.25, 0.3) is 0 Å². The average Bonchev–Trinajstić information content (AvgIpc) is 3.19. The van der Waals surface area contributed by atoms with Gasteiger partial charge < -0.3 is 4.98 Å². The van der Waals surface area contributed by atoms with Gasteiger partial charge in [0.05, 0.1) is 11.4 Å². The van der Waals surface area contributed by atoms with E-state index in [1.165, 1.54) is 11.1 Å². The molecule has 2 nitrogen and oxygen atoms in total. The maximum Gasteiger partial charge on any atom is 0.138 e. The quantitative estimate of drug-likeness (QED) is 0.319. The Morgan fingerprint density at radius 1 is 0.700 bits per heavy atom. The van der Waals surface area contributed by atoms with Crippen LogP contribution >= 0.6 is 15.9 Å². The summed E-state index contributed by atoms with van der Waals surface area (Å²) in [6.45, 7) is 8.88. The lowest BCUT2D eigenvalue weighted by Crippen LogP contribution is -1.89. The van der Waals surface area contributed by atoms with E-state index in [0.717, 1.165) is 38.4 Å². The molecule has 1 aromatic heterocycles. The van der Waals surface area contributed by atoms with E-state index in [-0.39, 0.29) is 0 Å². The van der Waals surface area contributed by atoms with Crippen LogP contribution in [0.5, 0.6) is 0 Å². The normalized spacial score (nSPS) is 11.4. The number of nitrogens with zero attached hydrogens (tertiary/aromatic N) is 1. The molecule has 0 amide bonds. The van der Waals surface area contributed by atoms with Gasteiger partial charge in [0.15, 0.2) is 0 Å². The fourth-order valence-corrected chi connectivity index (χ4v) is 4.02. The molecule has 0 bridgehead atoms. The summed E-state index contributed by atoms with van der Waals surface area (Å²) in [4.78, 5) is 8.62. The predicted molar refractivity (Wildman–Crippen MR) is 131 cm³/mol. The molecule has 3 heteroatoms. The van der Waals surface area contributed by atoms with E-state index in [2.05, 4.69) is 109 Å². The van der Waals surface area contributed by atoms with Crippen LogP contribution in [0.1, 0.15) is 50.7 Å². The van der Waals surface area contributed by atoms with Gasteiger partial charge in [0, 0.05) is 21.2 Å². The second-order valence-corrected chi connectivity index (χ2v) is 9.29. The van der Waals surface area contributed by atoms with Crippen LogP contribution in [0.2, 0.25) is 0 Å². The molecule has 0 fully saturated rings. The van der Waals surface area contributed by atoms with E-state index in [1.807, 2.05) is 12.1 Å². The third-order valence-corrected chi connectivity index (χ3v) is 6.01. The Balaban J connectivity index is 1.84. The fraction of sp³-hybridized carbons (Fsp3) is 0.222. The Morgan fingerprint density at radius 3 is 1.80 bits per heavy atom. The second-order valence-electron chi connectivity index (χ2n) is 8.37. The molecule has 0 atom stereocenters. The standard InChI is InChI=1S/C27H27BrN2/c1-17(2)19-8-12-21(13-9-19)25-26(22-14-10-20(11-15-22)18(3)4)30-27(29-25)23-6-5-7-24(28)16-23/h5-18H,1-4H3,(H,29,30). The summed E-state index contributed by atoms with van der Waals surface area (Å²) in [6.07, 6.45) is 0. The Labute approximate surface area is 187 Å². The number of rotatable bonds is 5. The minimum atomic E-state index is 0.513. The number of aromatic amines is 1. The van der Waals surface area contributed by atoms with Gasteiger partial charge in [-0.15, -0.1) is 0 Å². The fourth-order valence-electron chi connectivity index (χ4n) is 3.62. The molecular weight excluding hydrogens is 432 g/mol. The third kappa shape index (κ3) is 4.27. The number of imidazole rings is 1. The molecular formula is C27H27BrN2. The Bertz CT molecular complexity index is 1070. The van der Waals surface area contributed by atoms with Crippen molar-refractivity contribution < 1.29 is 0 Å². The lowest BCUT2D eigenvalue weighted by atomic mass is 9.97. The first-order valence-electron chi connectivity index (χ1n) is 10.5. The van der Waals surface area contributed by atoms with Crippen LogP contribution in [0.3, 0.4) is 0 Å². The molecule has 0 radical (unpaired) electrons. The van der Waals surface area contributed by atoms with Crippen molar-refractivity contribution in [1.29, 1.82) is 0 Å². The summed E-state index contributed by atoms with van der Waals surface area (Å²) in [5.41, 5.74) is 8.05. The molecule has 1 heterocycles. The van der Waals surface area contributed by atoms with Crippen molar-refractivity contribution in [3.8, 4) is 33.9 Å². The van der Waals surface area contributed by atoms with Gasteiger partial charge in [-0.2, -0.15) is 0 Å². The molecule has 152 valence electrons. The van der Waals surface area contributed by atoms with Crippen LogP contribution in [0.25, 0.3) is 33.9 Å². The van der Waals surface area contributed by atoms with E-state index in [1.54, 1.807) is 0 Å². The number of benzene rings is 3. The average molecular weight is 459 g/mol. The first-order chi connectivity index (χ1) is 14.4. The van der Waals surface area contributed by atoms with Crippen molar-refractivity contribution in [2.45, 2.75) is 39.5 Å². The van der Waals surface area contributed by atoms with E-state index in [0.29, 0.717) is 11.8 Å². The van der Waals surface area contributed by atoms with Gasteiger partial charge in [0.1, 0.15) is 5.82 Å². The topological polar surface area (TPSA) is 28.7 Å². The summed E-state index contributed by atoms with van der Waals surface area (Å²) in [5.74, 6) is 1.90. The monoisotopic (exact) mass is 458 g/mol. The summed E-state index contributed by atoms with van der Waals surface area (Å²) in [7, 11) is 0. The highest BCUT2D eigenvalue weighted by Gasteiger charge is 2.16. The van der Waals surface area contributed by atoms with Crippen molar-refractivity contribution in [1.82, 2.24) is 9.97 Å². The van der Waals surface area contributed by atoms with Crippen molar-refractivity contribution in [3.63, 3.8) is 0 Å². The molecule has 0 spiro atoms. The number of halogens is 1. The summed E-state index contributed by atoms with van der Waals surface area (Å²) in [5, 5.41) is 0. The molecule has 0 aliphatic rings. The highest BCUT2D eigenvalue weighted by molar-refractivity contribution is 9.10. The molecule has 0 saturated heterocycles. The molecule has 0 aliphatic carbocycles. The highest BCUT2D eigenvalue weighted by Crippen LogP contribution is 2.34. The SMILES string of the molecule is CC(C)c1ccc(-c2nc(-c3cccc(Br)c3)[nH]c2-c2ccc(C(C)C)cc2)cc1. The Morgan fingerprint density at radius 2 is 1.27 bits per heavy atom. The van der Waals surface area contributed by atoms with Crippen LogP contribution < -0.4 is 0 Å². The van der Waals surface area contributed by atoms with Crippen molar-refractivity contribution in [3.05, 3.63) is 88.4 Å². The van der Waals surface area contributed by atoms with Crippen LogP contribution in [0.4, 0.5) is 0 Å². The predicted octanol–water partition coefficient (Wildman–Crippen LogP) is 8.42. The summed E-state index contributed by atoms with van der Waals surface area (Å²) < 4.78 is 1.04. The van der Waals surface area contributed by atoms with Crippen LogP contribution in [0.15, 0.2) is 77.3 Å². The Hall–Kier alpha value is -2.65. The smallest absolute Gasteiger partial charge is 0.138 e. The molecule has 0 unspecified atom stereocenters. The lowest BCUT2D eigenvalue weighted by Gasteiger charge is -2.09. The molecule has 30 heavy (non-hydrogen) atoms. The molecule has 3 aromatic carbocycles. The number of hydrogen-bond acceptors (Lipinski definition) is 1. The first kappa shape index (κ1) is 20.6. The van der Waals surface area contributed by atoms with Gasteiger partial charge in [-0.05, 0) is 35.1 Å². The van der Waals surface area contributed by atoms with Crippen molar-refractivity contribution in [2.75, 3.05) is 0 Å². The van der Waals surface area contributed by atoms with E-state index < -0.39 is 0 Å². The zero-order valence-corrected chi connectivity index (χ0v) is 19.5.